The van der Waals surface area contributed by atoms with E-state index in [9.17, 15) is 9.59 Å². The number of anilines is 3. The van der Waals surface area contributed by atoms with E-state index < -0.39 is 0 Å². The molecule has 1 amide bonds. The highest BCUT2D eigenvalue weighted by atomic mass is 16.2. The third-order valence-corrected chi connectivity index (χ3v) is 4.43. The van der Waals surface area contributed by atoms with Crippen molar-refractivity contribution in [1.82, 2.24) is 9.97 Å². The number of hydrogen-bond donors (Lipinski definition) is 2. The van der Waals surface area contributed by atoms with Crippen molar-refractivity contribution >= 4 is 28.9 Å². The number of para-hydroxylation sites is 1. The second-order valence-electron chi connectivity index (χ2n) is 6.46. The summed E-state index contributed by atoms with van der Waals surface area (Å²) in [6, 6.07) is 12.8. The Balaban J connectivity index is 1.70. The Kier molecular flexibility index (Phi) is 5.79. The summed E-state index contributed by atoms with van der Waals surface area (Å²) in [7, 11) is 0. The lowest BCUT2D eigenvalue weighted by Crippen LogP contribution is -2.14. The van der Waals surface area contributed by atoms with E-state index in [0.717, 1.165) is 17.7 Å². The molecular formula is C22H22N4O2. The average molecular weight is 374 g/mol. The molecule has 0 fully saturated rings. The summed E-state index contributed by atoms with van der Waals surface area (Å²) in [6.07, 6.45) is 3.88. The first kappa shape index (κ1) is 19.2. The zero-order valence-electron chi connectivity index (χ0n) is 16.1. The molecule has 0 unspecified atom stereocenters. The molecule has 2 aromatic carbocycles. The second-order valence-corrected chi connectivity index (χ2v) is 6.46. The van der Waals surface area contributed by atoms with Gasteiger partial charge in [0, 0.05) is 16.9 Å². The van der Waals surface area contributed by atoms with Crippen molar-refractivity contribution in [3.63, 3.8) is 0 Å². The zero-order valence-corrected chi connectivity index (χ0v) is 16.1. The van der Waals surface area contributed by atoms with Crippen LogP contribution in [-0.4, -0.2) is 21.7 Å². The van der Waals surface area contributed by atoms with Crippen molar-refractivity contribution in [1.29, 1.82) is 0 Å². The van der Waals surface area contributed by atoms with Crippen molar-refractivity contribution < 1.29 is 9.59 Å². The highest BCUT2D eigenvalue weighted by Crippen LogP contribution is 2.24. The number of aromatic nitrogens is 2. The molecule has 6 nitrogen and oxygen atoms in total. The van der Waals surface area contributed by atoms with Crippen molar-refractivity contribution in [3.8, 4) is 0 Å². The number of Topliss-reactive ketones (excluding diaryl/α,β-unsaturated/α-hetero) is 1. The highest BCUT2D eigenvalue weighted by molar-refractivity contribution is 6.03. The van der Waals surface area contributed by atoms with Crippen LogP contribution in [0.4, 0.5) is 17.2 Å². The van der Waals surface area contributed by atoms with Gasteiger partial charge in [-0.1, -0.05) is 25.1 Å². The Labute approximate surface area is 164 Å². The number of hydrogen-bond acceptors (Lipinski definition) is 5. The molecule has 0 saturated carbocycles. The fraction of sp³-hybridized carbons (Fsp3) is 0.182. The number of benzene rings is 2. The van der Waals surface area contributed by atoms with Crippen molar-refractivity contribution in [2.24, 2.45) is 0 Å². The number of rotatable bonds is 6. The molecule has 2 N–H and O–H groups in total. The van der Waals surface area contributed by atoms with E-state index in [4.69, 9.17) is 0 Å². The van der Waals surface area contributed by atoms with Gasteiger partial charge >= 0.3 is 0 Å². The smallest absolute Gasteiger partial charge is 0.275 e. The number of aryl methyl sites for hydroxylation is 2. The summed E-state index contributed by atoms with van der Waals surface area (Å²) < 4.78 is 0. The fourth-order valence-corrected chi connectivity index (χ4v) is 2.82. The molecule has 6 heteroatoms. The molecule has 0 aliphatic carbocycles. The van der Waals surface area contributed by atoms with E-state index in [1.165, 1.54) is 18.7 Å². The molecule has 0 saturated heterocycles. The lowest BCUT2D eigenvalue weighted by molar-refractivity contribution is 0.101. The van der Waals surface area contributed by atoms with Gasteiger partial charge in [-0.15, -0.1) is 0 Å². The van der Waals surface area contributed by atoms with Crippen LogP contribution in [0.1, 0.15) is 45.8 Å². The summed E-state index contributed by atoms with van der Waals surface area (Å²) in [5, 5.41) is 6.03. The van der Waals surface area contributed by atoms with E-state index >= 15 is 0 Å². The first-order chi connectivity index (χ1) is 13.5. The van der Waals surface area contributed by atoms with Gasteiger partial charge in [0.1, 0.15) is 11.5 Å². The molecule has 0 spiro atoms. The van der Waals surface area contributed by atoms with Gasteiger partial charge in [0.25, 0.3) is 5.91 Å². The molecule has 3 rings (SSSR count). The van der Waals surface area contributed by atoms with Crippen LogP contribution >= 0.6 is 0 Å². The lowest BCUT2D eigenvalue weighted by atomic mass is 10.1. The third kappa shape index (κ3) is 4.40. The predicted molar refractivity (Wildman–Crippen MR) is 110 cm³/mol. The van der Waals surface area contributed by atoms with Gasteiger partial charge in [0.2, 0.25) is 0 Å². The maximum atomic E-state index is 12.4. The quantitative estimate of drug-likeness (QED) is 0.619. The number of nitrogens with zero attached hydrogens (tertiary/aromatic N) is 2. The van der Waals surface area contributed by atoms with Crippen LogP contribution in [0.25, 0.3) is 0 Å². The Bertz CT molecular complexity index is 996. The normalized spacial score (nSPS) is 10.4. The monoisotopic (exact) mass is 374 g/mol. The molecular weight excluding hydrogens is 352 g/mol. The number of amides is 1. The van der Waals surface area contributed by atoms with Gasteiger partial charge in [-0.3, -0.25) is 9.59 Å². The molecule has 28 heavy (non-hydrogen) atoms. The largest absolute Gasteiger partial charge is 0.339 e. The molecule has 0 atom stereocenters. The SMILES string of the molecule is CCc1cccc(C)c1Nc1cnc(C(=O)Nc2ccc(C(C)=O)cc2)cn1. The van der Waals surface area contributed by atoms with Gasteiger partial charge in [-0.2, -0.15) is 0 Å². The number of carbonyl (C=O) groups is 2. The summed E-state index contributed by atoms with van der Waals surface area (Å²) in [5.41, 5.74) is 4.72. The lowest BCUT2D eigenvalue weighted by Gasteiger charge is -2.13. The van der Waals surface area contributed by atoms with E-state index in [1.807, 2.05) is 19.1 Å². The maximum absolute atomic E-state index is 12.4. The van der Waals surface area contributed by atoms with Crippen LogP contribution in [0.2, 0.25) is 0 Å². The number of nitrogens with one attached hydrogen (secondary N) is 2. The number of carbonyl (C=O) groups excluding carboxylic acids is 2. The van der Waals surface area contributed by atoms with Gasteiger partial charge in [0.05, 0.1) is 12.4 Å². The van der Waals surface area contributed by atoms with Gasteiger partial charge < -0.3 is 10.6 Å². The first-order valence-corrected chi connectivity index (χ1v) is 9.08. The van der Waals surface area contributed by atoms with Crippen molar-refractivity contribution in [3.05, 3.63) is 77.2 Å². The van der Waals surface area contributed by atoms with Crippen LogP contribution in [-0.2, 0) is 6.42 Å². The second kappa shape index (κ2) is 8.43. The Morgan fingerprint density at radius 1 is 1.00 bits per heavy atom. The van der Waals surface area contributed by atoms with Gasteiger partial charge in [0.15, 0.2) is 5.78 Å². The minimum atomic E-state index is -0.361. The van der Waals surface area contributed by atoms with Crippen LogP contribution in [0, 0.1) is 6.92 Å². The summed E-state index contributed by atoms with van der Waals surface area (Å²) in [4.78, 5) is 32.2. The Morgan fingerprint density at radius 2 is 1.75 bits per heavy atom. The average Bonchev–Trinajstić information content (AvgIpc) is 2.70. The standard InChI is InChI=1S/C22H22N4O2/c1-4-16-7-5-6-14(2)21(16)26-20-13-23-19(12-24-20)22(28)25-18-10-8-17(9-11-18)15(3)27/h5-13H,4H2,1-3H3,(H,24,26)(H,25,28). The van der Waals surface area contributed by atoms with Crippen molar-refractivity contribution in [2.45, 2.75) is 27.2 Å². The van der Waals surface area contributed by atoms with Crippen LogP contribution in [0.15, 0.2) is 54.9 Å². The van der Waals surface area contributed by atoms with Gasteiger partial charge in [-0.25, -0.2) is 9.97 Å². The van der Waals surface area contributed by atoms with E-state index in [1.54, 1.807) is 30.5 Å². The predicted octanol–water partition coefficient (Wildman–Crippen LogP) is 4.55. The molecule has 142 valence electrons. The minimum absolute atomic E-state index is 0.0216. The molecule has 0 bridgehead atoms. The molecule has 0 radical (unpaired) electrons. The van der Waals surface area contributed by atoms with E-state index in [2.05, 4.69) is 33.6 Å². The Morgan fingerprint density at radius 3 is 2.36 bits per heavy atom. The van der Waals surface area contributed by atoms with Gasteiger partial charge in [-0.05, 0) is 55.7 Å². The number of ketones is 1. The fourth-order valence-electron chi connectivity index (χ4n) is 2.82. The summed E-state index contributed by atoms with van der Waals surface area (Å²) in [5.74, 6) is 0.192. The minimum Gasteiger partial charge on any atom is -0.339 e. The zero-order chi connectivity index (χ0) is 20.1. The summed E-state index contributed by atoms with van der Waals surface area (Å²) >= 11 is 0. The van der Waals surface area contributed by atoms with Crippen LogP contribution in [0.3, 0.4) is 0 Å². The maximum Gasteiger partial charge on any atom is 0.275 e. The molecule has 1 aromatic heterocycles. The molecule has 1 heterocycles. The summed E-state index contributed by atoms with van der Waals surface area (Å²) in [6.45, 7) is 5.63. The highest BCUT2D eigenvalue weighted by Gasteiger charge is 2.10. The van der Waals surface area contributed by atoms with Crippen molar-refractivity contribution in [2.75, 3.05) is 10.6 Å². The third-order valence-electron chi connectivity index (χ3n) is 4.43. The van der Waals surface area contributed by atoms with Crippen LogP contribution in [0.5, 0.6) is 0 Å². The first-order valence-electron chi connectivity index (χ1n) is 9.08. The Hall–Kier alpha value is -3.54. The molecule has 0 aliphatic heterocycles. The van der Waals surface area contributed by atoms with E-state index in [-0.39, 0.29) is 17.4 Å². The molecule has 0 aliphatic rings. The van der Waals surface area contributed by atoms with E-state index in [0.29, 0.717) is 17.1 Å². The molecule has 3 aromatic rings. The van der Waals surface area contributed by atoms with Crippen LogP contribution < -0.4 is 10.6 Å². The topological polar surface area (TPSA) is 84.0 Å².